The van der Waals surface area contributed by atoms with Crippen LogP contribution < -0.4 is 10.1 Å². The Morgan fingerprint density at radius 2 is 2.14 bits per heavy atom. The van der Waals surface area contributed by atoms with Crippen molar-refractivity contribution < 1.29 is 23.4 Å². The van der Waals surface area contributed by atoms with Crippen LogP contribution in [0.15, 0.2) is 36.4 Å². The van der Waals surface area contributed by atoms with Gasteiger partial charge in [-0.2, -0.15) is 0 Å². The number of nitrogens with one attached hydrogen (secondary N) is 1. The number of pyridine rings is 1. The molecule has 3 atom stereocenters. The van der Waals surface area contributed by atoms with Gasteiger partial charge in [-0.3, -0.25) is 9.69 Å². The van der Waals surface area contributed by atoms with Crippen LogP contribution in [0.4, 0.5) is 10.2 Å². The number of benzene rings is 1. The van der Waals surface area contributed by atoms with Crippen LogP contribution in [-0.4, -0.2) is 74.6 Å². The summed E-state index contributed by atoms with van der Waals surface area (Å²) in [5.41, 5.74) is 1.90. The maximum atomic E-state index is 15.8. The minimum Gasteiger partial charge on any atom is -0.491 e. The van der Waals surface area contributed by atoms with Crippen molar-refractivity contribution in [3.63, 3.8) is 0 Å². The summed E-state index contributed by atoms with van der Waals surface area (Å²) in [4.78, 5) is 19.1. The highest BCUT2D eigenvalue weighted by Gasteiger charge is 2.39. The number of likely N-dealkylation sites (tertiary alicyclic amines) is 1. The summed E-state index contributed by atoms with van der Waals surface area (Å²) in [6.45, 7) is 4.93. The van der Waals surface area contributed by atoms with Crippen molar-refractivity contribution >= 4 is 11.8 Å². The van der Waals surface area contributed by atoms with Crippen molar-refractivity contribution in [3.05, 3.63) is 53.2 Å². The quantitative estimate of drug-likeness (QED) is 0.418. The van der Waals surface area contributed by atoms with Gasteiger partial charge in [0, 0.05) is 44.9 Å². The number of hydrogen-bond acceptors (Lipinski definition) is 7. The minimum absolute atomic E-state index is 0.0235. The van der Waals surface area contributed by atoms with Crippen LogP contribution in [0, 0.1) is 0 Å². The lowest BCUT2D eigenvalue weighted by Gasteiger charge is -2.25. The third kappa shape index (κ3) is 7.65. The predicted octanol–water partition coefficient (Wildman–Crippen LogP) is 4.55. The zero-order valence-electron chi connectivity index (χ0n) is 22.3. The molecule has 2 aliphatic heterocycles. The molecule has 1 fully saturated rings. The van der Waals surface area contributed by atoms with Gasteiger partial charge in [0.05, 0.1) is 19.6 Å². The second kappa shape index (κ2) is 12.7. The van der Waals surface area contributed by atoms with Crippen molar-refractivity contribution in [3.8, 4) is 5.75 Å². The van der Waals surface area contributed by atoms with Gasteiger partial charge < -0.3 is 19.5 Å². The first-order valence-electron chi connectivity index (χ1n) is 13.3. The fourth-order valence-electron chi connectivity index (χ4n) is 5.16. The van der Waals surface area contributed by atoms with Crippen molar-refractivity contribution in [1.29, 1.82) is 0 Å². The molecule has 0 saturated carbocycles. The summed E-state index contributed by atoms with van der Waals surface area (Å²) in [5.74, 6) is 1.29. The van der Waals surface area contributed by atoms with Gasteiger partial charge in [-0.05, 0) is 68.4 Å². The summed E-state index contributed by atoms with van der Waals surface area (Å²) in [6, 6.07) is 11.9. The van der Waals surface area contributed by atoms with Crippen molar-refractivity contribution in [2.24, 2.45) is 0 Å². The van der Waals surface area contributed by atoms with Crippen LogP contribution in [0.2, 0.25) is 0 Å². The van der Waals surface area contributed by atoms with Gasteiger partial charge in [0.2, 0.25) is 0 Å². The van der Waals surface area contributed by atoms with E-state index < -0.39 is 5.67 Å². The number of rotatable bonds is 12. The maximum absolute atomic E-state index is 15.8. The van der Waals surface area contributed by atoms with E-state index in [0.29, 0.717) is 45.5 Å². The number of halogens is 1. The Bertz CT molecular complexity index is 1050. The van der Waals surface area contributed by atoms with Crippen LogP contribution >= 0.6 is 0 Å². The molecule has 0 radical (unpaired) electrons. The van der Waals surface area contributed by atoms with Gasteiger partial charge in [0.1, 0.15) is 23.8 Å². The molecule has 1 saturated heterocycles. The molecule has 8 heteroatoms. The number of methoxy groups -OCH3 is 2. The molecule has 0 bridgehead atoms. The molecule has 1 N–H and O–H groups in total. The maximum Gasteiger partial charge on any atom is 0.306 e. The second-order valence-electron chi connectivity index (χ2n) is 10.4. The van der Waals surface area contributed by atoms with Gasteiger partial charge >= 0.3 is 5.97 Å². The van der Waals surface area contributed by atoms with Gasteiger partial charge in [-0.1, -0.05) is 18.2 Å². The Labute approximate surface area is 219 Å². The lowest BCUT2D eigenvalue weighted by atomic mass is 9.94. The molecule has 7 nitrogen and oxygen atoms in total. The fraction of sp³-hybridized carbons (Fsp3) is 0.586. The first-order chi connectivity index (χ1) is 17.9. The molecule has 3 heterocycles. The van der Waals surface area contributed by atoms with E-state index in [-0.39, 0.29) is 24.4 Å². The van der Waals surface area contributed by atoms with Crippen LogP contribution in [-0.2, 0) is 27.1 Å². The number of carbonyl (C=O) groups is 1. The SMILES string of the molecule is COC(=O)CC(CN1CC[C@@](F)(CCc2ccc3c(n2)NCCC3)C1)c1cccc(OCC(C)OC)c1. The number of aryl methyl sites for hydroxylation is 2. The summed E-state index contributed by atoms with van der Waals surface area (Å²) in [5, 5.41) is 3.36. The second-order valence-corrected chi connectivity index (χ2v) is 10.4. The van der Waals surface area contributed by atoms with Crippen molar-refractivity contribution in [2.45, 2.75) is 63.1 Å². The number of ether oxygens (including phenoxy) is 3. The molecular formula is C29H40FN3O4. The largest absolute Gasteiger partial charge is 0.491 e. The monoisotopic (exact) mass is 513 g/mol. The Morgan fingerprint density at radius 3 is 2.95 bits per heavy atom. The minimum atomic E-state index is -1.26. The topological polar surface area (TPSA) is 72.9 Å². The number of anilines is 1. The van der Waals surface area contributed by atoms with Crippen molar-refractivity contribution in [2.75, 3.05) is 52.3 Å². The summed E-state index contributed by atoms with van der Waals surface area (Å²) >= 11 is 0. The Balaban J connectivity index is 1.37. The number of carbonyl (C=O) groups excluding carboxylic acids is 1. The predicted molar refractivity (Wildman–Crippen MR) is 142 cm³/mol. The highest BCUT2D eigenvalue weighted by molar-refractivity contribution is 5.70. The Hall–Kier alpha value is -2.71. The van der Waals surface area contributed by atoms with Gasteiger partial charge in [0.25, 0.3) is 0 Å². The number of hydrogen-bond donors (Lipinski definition) is 1. The molecule has 0 spiro atoms. The van der Waals surface area contributed by atoms with E-state index in [1.54, 1.807) is 7.11 Å². The van der Waals surface area contributed by atoms with Gasteiger partial charge in [0.15, 0.2) is 0 Å². The van der Waals surface area contributed by atoms with E-state index in [1.165, 1.54) is 12.7 Å². The molecule has 1 aromatic carbocycles. The van der Waals surface area contributed by atoms with E-state index in [0.717, 1.165) is 42.2 Å². The van der Waals surface area contributed by atoms with E-state index in [1.807, 2.05) is 37.3 Å². The Morgan fingerprint density at radius 1 is 1.27 bits per heavy atom. The Kier molecular flexibility index (Phi) is 9.38. The summed E-state index contributed by atoms with van der Waals surface area (Å²) < 4.78 is 31.9. The third-order valence-electron chi connectivity index (χ3n) is 7.50. The highest BCUT2D eigenvalue weighted by atomic mass is 19.1. The number of fused-ring (bicyclic) bond motifs is 1. The molecule has 1 aromatic heterocycles. The fourth-order valence-corrected chi connectivity index (χ4v) is 5.16. The molecule has 2 aromatic rings. The van der Waals surface area contributed by atoms with Gasteiger partial charge in [-0.15, -0.1) is 0 Å². The lowest BCUT2D eigenvalue weighted by Crippen LogP contribution is -2.33. The average molecular weight is 514 g/mol. The van der Waals surface area contributed by atoms with E-state index in [4.69, 9.17) is 19.2 Å². The van der Waals surface area contributed by atoms with Crippen LogP contribution in [0.1, 0.15) is 55.3 Å². The number of alkyl halides is 1. The smallest absolute Gasteiger partial charge is 0.306 e. The van der Waals surface area contributed by atoms with Crippen LogP contribution in [0.3, 0.4) is 0 Å². The first-order valence-corrected chi connectivity index (χ1v) is 13.3. The molecular weight excluding hydrogens is 473 g/mol. The van der Waals surface area contributed by atoms with E-state index in [2.05, 4.69) is 16.3 Å². The zero-order valence-corrected chi connectivity index (χ0v) is 22.3. The van der Waals surface area contributed by atoms with E-state index >= 15 is 4.39 Å². The number of nitrogens with zero attached hydrogens (tertiary/aromatic N) is 2. The van der Waals surface area contributed by atoms with Crippen molar-refractivity contribution in [1.82, 2.24) is 9.88 Å². The summed E-state index contributed by atoms with van der Waals surface area (Å²) in [7, 11) is 3.05. The molecule has 37 heavy (non-hydrogen) atoms. The molecule has 202 valence electrons. The molecule has 0 amide bonds. The number of aromatic nitrogens is 1. The van der Waals surface area contributed by atoms with E-state index in [9.17, 15) is 4.79 Å². The number of esters is 1. The van der Waals surface area contributed by atoms with Crippen LogP contribution in [0.25, 0.3) is 0 Å². The molecule has 4 rings (SSSR count). The standard InChI is InChI=1S/C29H40FN3O4/c1-21(35-2)19-37-26-8-4-6-23(16-26)24(17-27(34)36-3)18-33-15-13-29(30,20-33)12-11-25-10-9-22-7-5-14-31-28(22)32-25/h4,6,8-10,16,21,24H,5,7,11-15,17-20H2,1-3H3,(H,31,32)/t21?,24?,29-/m0/s1. The molecule has 2 aliphatic rings. The molecule has 2 unspecified atom stereocenters. The third-order valence-corrected chi connectivity index (χ3v) is 7.50. The highest BCUT2D eigenvalue weighted by Crippen LogP contribution is 2.34. The summed E-state index contributed by atoms with van der Waals surface area (Å²) in [6.07, 6.45) is 3.92. The normalized spacial score (nSPS) is 21.1. The molecule has 0 aliphatic carbocycles. The first kappa shape index (κ1) is 27.3. The average Bonchev–Trinajstić information content (AvgIpc) is 3.30. The zero-order chi connectivity index (χ0) is 26.3. The van der Waals surface area contributed by atoms with Gasteiger partial charge in [-0.25, -0.2) is 9.37 Å². The lowest BCUT2D eigenvalue weighted by molar-refractivity contribution is -0.141. The van der Waals surface area contributed by atoms with Crippen LogP contribution in [0.5, 0.6) is 5.75 Å².